The lowest BCUT2D eigenvalue weighted by Crippen LogP contribution is -2.19. The van der Waals surface area contributed by atoms with E-state index < -0.39 is 0 Å². The summed E-state index contributed by atoms with van der Waals surface area (Å²) < 4.78 is 0. The SMILES string of the molecule is CC(=O)NCc1ccc(C(=O)Nc2nc(-c3ccccc3)cs2)cc1. The number of hydrogen-bond acceptors (Lipinski definition) is 4. The van der Waals surface area contributed by atoms with Gasteiger partial charge in [0.2, 0.25) is 5.91 Å². The van der Waals surface area contributed by atoms with Gasteiger partial charge in [-0.15, -0.1) is 11.3 Å². The summed E-state index contributed by atoms with van der Waals surface area (Å²) in [6.45, 7) is 1.92. The number of benzene rings is 2. The maximum Gasteiger partial charge on any atom is 0.257 e. The fraction of sp³-hybridized carbons (Fsp3) is 0.105. The summed E-state index contributed by atoms with van der Waals surface area (Å²) in [6.07, 6.45) is 0. The number of aromatic nitrogens is 1. The summed E-state index contributed by atoms with van der Waals surface area (Å²) in [5, 5.41) is 8.02. The van der Waals surface area contributed by atoms with Crippen LogP contribution in [0.15, 0.2) is 60.0 Å². The number of carbonyl (C=O) groups is 2. The van der Waals surface area contributed by atoms with Crippen LogP contribution in [0.25, 0.3) is 11.3 Å². The highest BCUT2D eigenvalue weighted by atomic mass is 32.1. The van der Waals surface area contributed by atoms with E-state index >= 15 is 0 Å². The maximum atomic E-state index is 12.3. The van der Waals surface area contributed by atoms with Crippen LogP contribution in [0.1, 0.15) is 22.8 Å². The summed E-state index contributed by atoms with van der Waals surface area (Å²) >= 11 is 1.39. The molecule has 2 amide bonds. The van der Waals surface area contributed by atoms with Gasteiger partial charge in [-0.1, -0.05) is 42.5 Å². The van der Waals surface area contributed by atoms with Crippen molar-refractivity contribution in [3.63, 3.8) is 0 Å². The minimum Gasteiger partial charge on any atom is -0.352 e. The average Bonchev–Trinajstić information content (AvgIpc) is 3.09. The van der Waals surface area contributed by atoms with E-state index in [1.807, 2.05) is 47.8 Å². The van der Waals surface area contributed by atoms with Crippen molar-refractivity contribution in [3.8, 4) is 11.3 Å². The highest BCUT2D eigenvalue weighted by Gasteiger charge is 2.10. The lowest BCUT2D eigenvalue weighted by molar-refractivity contribution is -0.119. The Hall–Kier alpha value is -2.99. The van der Waals surface area contributed by atoms with Crippen LogP contribution in [-0.2, 0) is 11.3 Å². The Balaban J connectivity index is 1.64. The standard InChI is InChI=1S/C19H17N3O2S/c1-13(23)20-11-14-7-9-16(10-8-14)18(24)22-19-21-17(12-25-19)15-5-3-2-4-6-15/h2-10,12H,11H2,1H3,(H,20,23)(H,21,22,24). The highest BCUT2D eigenvalue weighted by Crippen LogP contribution is 2.24. The minimum absolute atomic E-state index is 0.0835. The molecule has 1 heterocycles. The first-order valence-electron chi connectivity index (χ1n) is 7.77. The van der Waals surface area contributed by atoms with E-state index in [1.165, 1.54) is 18.3 Å². The van der Waals surface area contributed by atoms with Gasteiger partial charge in [0.15, 0.2) is 5.13 Å². The third-order valence-corrected chi connectivity index (χ3v) is 4.31. The van der Waals surface area contributed by atoms with E-state index in [0.29, 0.717) is 17.2 Å². The number of thiazole rings is 1. The Morgan fingerprint density at radius 1 is 1.04 bits per heavy atom. The Morgan fingerprint density at radius 2 is 1.76 bits per heavy atom. The van der Waals surface area contributed by atoms with Crippen LogP contribution in [-0.4, -0.2) is 16.8 Å². The van der Waals surface area contributed by atoms with Crippen LogP contribution >= 0.6 is 11.3 Å². The highest BCUT2D eigenvalue weighted by molar-refractivity contribution is 7.14. The Kier molecular flexibility index (Phi) is 5.20. The van der Waals surface area contributed by atoms with Crippen molar-refractivity contribution in [2.24, 2.45) is 0 Å². The van der Waals surface area contributed by atoms with Crippen molar-refractivity contribution in [2.75, 3.05) is 5.32 Å². The molecule has 0 saturated carbocycles. The molecule has 1 aromatic heterocycles. The largest absolute Gasteiger partial charge is 0.352 e. The van der Waals surface area contributed by atoms with Crippen LogP contribution in [0.2, 0.25) is 0 Å². The van der Waals surface area contributed by atoms with Gasteiger partial charge in [0.05, 0.1) is 5.69 Å². The monoisotopic (exact) mass is 351 g/mol. The molecule has 25 heavy (non-hydrogen) atoms. The van der Waals surface area contributed by atoms with E-state index in [2.05, 4.69) is 15.6 Å². The molecular weight excluding hydrogens is 334 g/mol. The number of nitrogens with zero attached hydrogens (tertiary/aromatic N) is 1. The second-order valence-electron chi connectivity index (χ2n) is 5.46. The molecule has 0 unspecified atom stereocenters. The van der Waals surface area contributed by atoms with Crippen LogP contribution in [0.3, 0.4) is 0 Å². The molecule has 0 radical (unpaired) electrons. The van der Waals surface area contributed by atoms with Crippen molar-refractivity contribution < 1.29 is 9.59 Å². The molecule has 126 valence electrons. The predicted octanol–water partition coefficient (Wildman–Crippen LogP) is 3.70. The lowest BCUT2D eigenvalue weighted by atomic mass is 10.1. The fourth-order valence-electron chi connectivity index (χ4n) is 2.24. The first-order valence-corrected chi connectivity index (χ1v) is 8.65. The van der Waals surface area contributed by atoms with Crippen LogP contribution in [0.5, 0.6) is 0 Å². The van der Waals surface area contributed by atoms with E-state index in [0.717, 1.165) is 16.8 Å². The first kappa shape index (κ1) is 16.9. The molecular formula is C19H17N3O2S. The van der Waals surface area contributed by atoms with Crippen molar-refractivity contribution in [1.82, 2.24) is 10.3 Å². The quantitative estimate of drug-likeness (QED) is 0.736. The number of nitrogens with one attached hydrogen (secondary N) is 2. The van der Waals surface area contributed by atoms with Gasteiger partial charge in [0, 0.05) is 30.0 Å². The summed E-state index contributed by atoms with van der Waals surface area (Å²) in [6, 6.07) is 16.9. The molecule has 0 spiro atoms. The summed E-state index contributed by atoms with van der Waals surface area (Å²) in [7, 11) is 0. The van der Waals surface area contributed by atoms with E-state index in [4.69, 9.17) is 0 Å². The Bertz CT molecular complexity index is 873. The normalized spacial score (nSPS) is 10.3. The van der Waals surface area contributed by atoms with Gasteiger partial charge < -0.3 is 5.32 Å². The first-order chi connectivity index (χ1) is 12.1. The number of rotatable bonds is 5. The summed E-state index contributed by atoms with van der Waals surface area (Å²) in [4.78, 5) is 27.7. The average molecular weight is 351 g/mol. The maximum absolute atomic E-state index is 12.3. The molecule has 5 nitrogen and oxygen atoms in total. The predicted molar refractivity (Wildman–Crippen MR) is 99.5 cm³/mol. The molecule has 6 heteroatoms. The zero-order valence-corrected chi connectivity index (χ0v) is 14.5. The van der Waals surface area contributed by atoms with Crippen molar-refractivity contribution >= 4 is 28.3 Å². The number of hydrogen-bond donors (Lipinski definition) is 2. The van der Waals surface area contributed by atoms with Crippen molar-refractivity contribution in [3.05, 3.63) is 71.1 Å². The summed E-state index contributed by atoms with van der Waals surface area (Å²) in [5.41, 5.74) is 3.34. The Morgan fingerprint density at radius 3 is 2.44 bits per heavy atom. The fourth-order valence-corrected chi connectivity index (χ4v) is 2.96. The second-order valence-corrected chi connectivity index (χ2v) is 6.32. The molecule has 3 aromatic rings. The van der Waals surface area contributed by atoms with E-state index in [-0.39, 0.29) is 11.8 Å². The van der Waals surface area contributed by atoms with Gasteiger partial charge in [0.1, 0.15) is 0 Å². The molecule has 0 aliphatic heterocycles. The van der Waals surface area contributed by atoms with Gasteiger partial charge in [-0.05, 0) is 17.7 Å². The Labute approximate surface area is 149 Å². The van der Waals surface area contributed by atoms with Gasteiger partial charge in [0.25, 0.3) is 5.91 Å². The molecule has 0 fully saturated rings. The van der Waals surface area contributed by atoms with Gasteiger partial charge in [-0.3, -0.25) is 14.9 Å². The van der Waals surface area contributed by atoms with Crippen molar-refractivity contribution in [1.29, 1.82) is 0 Å². The molecule has 2 aromatic carbocycles. The van der Waals surface area contributed by atoms with E-state index in [9.17, 15) is 9.59 Å². The lowest BCUT2D eigenvalue weighted by Gasteiger charge is -2.05. The van der Waals surface area contributed by atoms with Crippen LogP contribution in [0, 0.1) is 0 Å². The van der Waals surface area contributed by atoms with Crippen LogP contribution < -0.4 is 10.6 Å². The minimum atomic E-state index is -0.208. The molecule has 0 aliphatic rings. The number of amides is 2. The smallest absolute Gasteiger partial charge is 0.257 e. The van der Waals surface area contributed by atoms with Crippen LogP contribution in [0.4, 0.5) is 5.13 Å². The zero-order valence-electron chi connectivity index (χ0n) is 13.7. The molecule has 3 rings (SSSR count). The second kappa shape index (κ2) is 7.72. The van der Waals surface area contributed by atoms with E-state index in [1.54, 1.807) is 12.1 Å². The topological polar surface area (TPSA) is 71.1 Å². The summed E-state index contributed by atoms with van der Waals surface area (Å²) in [5.74, 6) is -0.292. The molecule has 0 aliphatic carbocycles. The van der Waals surface area contributed by atoms with Crippen molar-refractivity contribution in [2.45, 2.75) is 13.5 Å². The van der Waals surface area contributed by atoms with Gasteiger partial charge in [-0.2, -0.15) is 0 Å². The third kappa shape index (κ3) is 4.51. The van der Waals surface area contributed by atoms with Gasteiger partial charge >= 0.3 is 0 Å². The molecule has 0 bridgehead atoms. The molecule has 0 atom stereocenters. The van der Waals surface area contributed by atoms with Gasteiger partial charge in [-0.25, -0.2) is 4.98 Å². The molecule has 2 N–H and O–H groups in total. The number of anilines is 1. The molecule has 0 saturated heterocycles. The zero-order chi connectivity index (χ0) is 17.6. The third-order valence-electron chi connectivity index (χ3n) is 3.55. The number of carbonyl (C=O) groups excluding carboxylic acids is 2.